The highest BCUT2D eigenvalue weighted by Crippen LogP contribution is 2.35. The van der Waals surface area contributed by atoms with Crippen molar-refractivity contribution < 1.29 is 5.11 Å². The summed E-state index contributed by atoms with van der Waals surface area (Å²) < 4.78 is 0. The fourth-order valence-electron chi connectivity index (χ4n) is 2.61. The Kier molecular flexibility index (Phi) is 5.73. The van der Waals surface area contributed by atoms with Crippen LogP contribution < -0.4 is 5.32 Å². The van der Waals surface area contributed by atoms with Crippen LogP contribution in [-0.4, -0.2) is 23.2 Å². The molecule has 0 spiro atoms. The van der Waals surface area contributed by atoms with Gasteiger partial charge < -0.3 is 10.4 Å². The van der Waals surface area contributed by atoms with Crippen LogP contribution in [0.15, 0.2) is 36.5 Å². The van der Waals surface area contributed by atoms with Crippen molar-refractivity contribution in [3.8, 4) is 0 Å². The van der Waals surface area contributed by atoms with Crippen molar-refractivity contribution in [1.82, 2.24) is 10.3 Å². The molecule has 120 valence electrons. The number of benzene rings is 1. The molecule has 0 amide bonds. The minimum absolute atomic E-state index is 0.169. The van der Waals surface area contributed by atoms with Crippen molar-refractivity contribution in [3.05, 3.63) is 52.0 Å². The topological polar surface area (TPSA) is 45.2 Å². The lowest BCUT2D eigenvalue weighted by atomic mass is 9.75. The maximum atomic E-state index is 9.78. The van der Waals surface area contributed by atoms with Crippen LogP contribution in [0.25, 0.3) is 0 Å². The number of rotatable bonds is 7. The zero-order chi connectivity index (χ0) is 16.2. The second kappa shape index (κ2) is 7.36. The average molecular weight is 318 g/mol. The van der Waals surface area contributed by atoms with Gasteiger partial charge in [0.2, 0.25) is 0 Å². The Bertz CT molecular complexity index is 580. The molecule has 0 aliphatic carbocycles. The number of aromatic nitrogens is 1. The summed E-state index contributed by atoms with van der Waals surface area (Å²) in [5.74, 6) is 0.259. The number of hydrogen-bond acceptors (Lipinski definition) is 4. The van der Waals surface area contributed by atoms with Crippen LogP contribution in [0.4, 0.5) is 0 Å². The summed E-state index contributed by atoms with van der Waals surface area (Å²) in [6.07, 6.45) is 1.95. The molecule has 0 saturated carbocycles. The lowest BCUT2D eigenvalue weighted by Gasteiger charge is -2.34. The Morgan fingerprint density at radius 3 is 2.50 bits per heavy atom. The third-order valence-electron chi connectivity index (χ3n) is 4.25. The van der Waals surface area contributed by atoms with E-state index in [4.69, 9.17) is 0 Å². The third-order valence-corrected chi connectivity index (χ3v) is 5.34. The van der Waals surface area contributed by atoms with E-state index in [0.717, 1.165) is 11.6 Å². The first-order valence-electron chi connectivity index (χ1n) is 7.75. The molecule has 0 aliphatic heterocycles. The summed E-state index contributed by atoms with van der Waals surface area (Å²) >= 11 is 1.73. The SMILES string of the molecule is Cc1ncc(C(C)NCC(c2ccccc2)C(C)(C)CO)s1. The first-order valence-corrected chi connectivity index (χ1v) is 8.57. The highest BCUT2D eigenvalue weighted by Gasteiger charge is 2.30. The van der Waals surface area contributed by atoms with E-state index in [1.165, 1.54) is 10.4 Å². The molecule has 2 N–H and O–H groups in total. The zero-order valence-corrected chi connectivity index (χ0v) is 14.7. The third kappa shape index (κ3) is 4.15. The Labute approximate surface area is 137 Å². The predicted molar refractivity (Wildman–Crippen MR) is 93.3 cm³/mol. The van der Waals surface area contributed by atoms with Crippen molar-refractivity contribution in [2.45, 2.75) is 39.7 Å². The molecular formula is C18H26N2OS. The molecule has 0 aliphatic rings. The molecule has 0 bridgehead atoms. The van der Waals surface area contributed by atoms with Crippen LogP contribution in [0, 0.1) is 12.3 Å². The minimum atomic E-state index is -0.169. The molecule has 1 heterocycles. The monoisotopic (exact) mass is 318 g/mol. The van der Waals surface area contributed by atoms with E-state index >= 15 is 0 Å². The summed E-state index contributed by atoms with van der Waals surface area (Å²) in [7, 11) is 0. The van der Waals surface area contributed by atoms with Gasteiger partial charge in [0.05, 0.1) is 5.01 Å². The van der Waals surface area contributed by atoms with Gasteiger partial charge in [-0.2, -0.15) is 0 Å². The standard InChI is InChI=1S/C18H26N2OS/c1-13(17-11-20-14(2)22-17)19-10-16(18(3,4)12-21)15-8-6-5-7-9-15/h5-9,11,13,16,19,21H,10,12H2,1-4H3. The van der Waals surface area contributed by atoms with E-state index in [0.29, 0.717) is 0 Å². The van der Waals surface area contributed by atoms with Gasteiger partial charge >= 0.3 is 0 Å². The summed E-state index contributed by atoms with van der Waals surface area (Å²) in [5.41, 5.74) is 1.10. The van der Waals surface area contributed by atoms with Crippen LogP contribution >= 0.6 is 11.3 Å². The van der Waals surface area contributed by atoms with Crippen LogP contribution in [-0.2, 0) is 0 Å². The lowest BCUT2D eigenvalue weighted by molar-refractivity contribution is 0.128. The Morgan fingerprint density at radius 2 is 1.95 bits per heavy atom. The van der Waals surface area contributed by atoms with Crippen LogP contribution in [0.1, 0.15) is 48.2 Å². The highest BCUT2D eigenvalue weighted by atomic mass is 32.1. The minimum Gasteiger partial charge on any atom is -0.396 e. The molecule has 1 aromatic heterocycles. The molecule has 4 heteroatoms. The van der Waals surface area contributed by atoms with Crippen LogP contribution in [0.5, 0.6) is 0 Å². The number of thiazole rings is 1. The molecule has 2 unspecified atom stereocenters. The van der Waals surface area contributed by atoms with Gasteiger partial charge in [-0.15, -0.1) is 11.3 Å². The number of nitrogens with one attached hydrogen (secondary N) is 1. The van der Waals surface area contributed by atoms with Gasteiger partial charge in [0.1, 0.15) is 0 Å². The van der Waals surface area contributed by atoms with Crippen molar-refractivity contribution in [1.29, 1.82) is 0 Å². The molecule has 3 nitrogen and oxygen atoms in total. The molecule has 1 aromatic carbocycles. The van der Waals surface area contributed by atoms with Crippen LogP contribution in [0.3, 0.4) is 0 Å². The van der Waals surface area contributed by atoms with Gasteiger partial charge in [-0.3, -0.25) is 0 Å². The first-order chi connectivity index (χ1) is 10.4. The van der Waals surface area contributed by atoms with Gasteiger partial charge in [-0.25, -0.2) is 4.98 Å². The second-order valence-electron chi connectivity index (χ2n) is 6.52. The Balaban J connectivity index is 2.10. The van der Waals surface area contributed by atoms with E-state index in [-0.39, 0.29) is 24.0 Å². The normalized spacial score (nSPS) is 14.8. The molecule has 0 saturated heterocycles. The number of hydrogen-bond donors (Lipinski definition) is 2. The second-order valence-corrected chi connectivity index (χ2v) is 7.79. The molecule has 22 heavy (non-hydrogen) atoms. The number of aliphatic hydroxyl groups is 1. The smallest absolute Gasteiger partial charge is 0.0897 e. The summed E-state index contributed by atoms with van der Waals surface area (Å²) in [4.78, 5) is 5.58. The average Bonchev–Trinajstić information content (AvgIpc) is 2.95. The fraction of sp³-hybridized carbons (Fsp3) is 0.500. The van der Waals surface area contributed by atoms with E-state index in [1.807, 2.05) is 19.2 Å². The molecule has 2 rings (SSSR count). The fourth-order valence-corrected chi connectivity index (χ4v) is 3.43. The summed E-state index contributed by atoms with van der Waals surface area (Å²) in [6.45, 7) is 9.43. The molecular weight excluding hydrogens is 292 g/mol. The Hall–Kier alpha value is -1.23. The van der Waals surface area contributed by atoms with E-state index in [1.54, 1.807) is 11.3 Å². The van der Waals surface area contributed by atoms with Crippen molar-refractivity contribution in [2.24, 2.45) is 5.41 Å². The zero-order valence-electron chi connectivity index (χ0n) is 13.8. The molecule has 0 radical (unpaired) electrons. The maximum absolute atomic E-state index is 9.78. The van der Waals surface area contributed by atoms with E-state index in [9.17, 15) is 5.11 Å². The number of nitrogens with zero attached hydrogens (tertiary/aromatic N) is 1. The number of aryl methyl sites for hydroxylation is 1. The van der Waals surface area contributed by atoms with Gasteiger partial charge in [-0.1, -0.05) is 44.2 Å². The number of aliphatic hydroxyl groups excluding tert-OH is 1. The van der Waals surface area contributed by atoms with Gasteiger partial charge in [0, 0.05) is 36.2 Å². The largest absolute Gasteiger partial charge is 0.396 e. The van der Waals surface area contributed by atoms with Gasteiger partial charge in [0.15, 0.2) is 0 Å². The predicted octanol–water partition coefficient (Wildman–Crippen LogP) is 3.90. The lowest BCUT2D eigenvalue weighted by Crippen LogP contribution is -2.35. The quantitative estimate of drug-likeness (QED) is 0.813. The summed E-state index contributed by atoms with van der Waals surface area (Å²) in [5, 5.41) is 14.5. The van der Waals surface area contributed by atoms with Crippen molar-refractivity contribution >= 4 is 11.3 Å². The van der Waals surface area contributed by atoms with Crippen molar-refractivity contribution in [2.75, 3.05) is 13.2 Å². The summed E-state index contributed by atoms with van der Waals surface area (Å²) in [6, 6.07) is 10.7. The van der Waals surface area contributed by atoms with Gasteiger partial charge in [0.25, 0.3) is 0 Å². The highest BCUT2D eigenvalue weighted by molar-refractivity contribution is 7.11. The molecule has 2 aromatic rings. The molecule has 0 fully saturated rings. The van der Waals surface area contributed by atoms with Crippen LogP contribution in [0.2, 0.25) is 0 Å². The van der Waals surface area contributed by atoms with Gasteiger partial charge in [-0.05, 0) is 24.8 Å². The van der Waals surface area contributed by atoms with E-state index < -0.39 is 0 Å². The maximum Gasteiger partial charge on any atom is 0.0897 e. The first kappa shape index (κ1) is 17.1. The van der Waals surface area contributed by atoms with E-state index in [2.05, 4.69) is 55.3 Å². The molecule has 2 atom stereocenters. The van der Waals surface area contributed by atoms with Crippen molar-refractivity contribution in [3.63, 3.8) is 0 Å². The Morgan fingerprint density at radius 1 is 1.27 bits per heavy atom.